The van der Waals surface area contributed by atoms with E-state index in [-0.39, 0.29) is 19.4 Å². The molecule has 0 aliphatic carbocycles. The third-order valence-electron chi connectivity index (χ3n) is 11.4. The molecule has 0 aliphatic rings. The van der Waals surface area contributed by atoms with E-state index in [9.17, 15) is 23.8 Å². The number of nitrogens with two attached hydrogens (primary N) is 1. The van der Waals surface area contributed by atoms with Crippen LogP contribution in [0.1, 0.15) is 258 Å². The summed E-state index contributed by atoms with van der Waals surface area (Å²) in [5, 5.41) is 8.91. The zero-order valence-corrected chi connectivity index (χ0v) is 39.7. The molecule has 0 aromatic carbocycles. The normalized spacial score (nSPS) is 13.5. The average molecular weight is 876 g/mol. The van der Waals surface area contributed by atoms with Gasteiger partial charge >= 0.3 is 25.7 Å². The molecule has 0 bridgehead atoms. The Balaban J connectivity index is 4.20. The number of phosphoric ester groups is 1. The molecule has 11 nitrogen and oxygen atoms in total. The lowest BCUT2D eigenvalue weighted by Crippen LogP contribution is -2.34. The fraction of sp³-hybridized carbons (Fsp3) is 0.938. The monoisotopic (exact) mass is 876 g/mol. The lowest BCUT2D eigenvalue weighted by atomic mass is 10.0. The average Bonchev–Trinajstić information content (AvgIpc) is 3.22. The third kappa shape index (κ3) is 43.1. The van der Waals surface area contributed by atoms with Gasteiger partial charge in [-0.15, -0.1) is 0 Å². The number of hydrogen-bond acceptors (Lipinski definition) is 9. The topological polar surface area (TPSA) is 172 Å². The van der Waals surface area contributed by atoms with E-state index < -0.39 is 51.1 Å². The molecule has 0 fully saturated rings. The van der Waals surface area contributed by atoms with Gasteiger partial charge in [0.25, 0.3) is 0 Å². The summed E-state index contributed by atoms with van der Waals surface area (Å²) in [6.07, 6.45) is 44.5. The van der Waals surface area contributed by atoms with Gasteiger partial charge in [-0.25, -0.2) is 4.57 Å². The molecule has 0 saturated carbocycles. The van der Waals surface area contributed by atoms with Crippen molar-refractivity contribution in [3.63, 3.8) is 0 Å². The van der Waals surface area contributed by atoms with Crippen LogP contribution in [0.3, 0.4) is 0 Å². The predicted octanol–water partition coefficient (Wildman–Crippen LogP) is 13.9. The Labute approximate surface area is 367 Å². The number of rotatable bonds is 48. The van der Waals surface area contributed by atoms with Gasteiger partial charge in [0.1, 0.15) is 12.6 Å². The van der Waals surface area contributed by atoms with Gasteiger partial charge < -0.3 is 25.2 Å². The molecule has 0 amide bonds. The summed E-state index contributed by atoms with van der Waals surface area (Å²) in [6.45, 7) is 2.86. The van der Waals surface area contributed by atoms with Crippen molar-refractivity contribution in [3.05, 3.63) is 0 Å². The molecule has 0 rings (SSSR count). The highest BCUT2D eigenvalue weighted by molar-refractivity contribution is 7.47. The van der Waals surface area contributed by atoms with Gasteiger partial charge in [0, 0.05) is 12.8 Å². The van der Waals surface area contributed by atoms with E-state index in [1.807, 2.05) is 0 Å². The van der Waals surface area contributed by atoms with E-state index in [4.69, 9.17) is 24.8 Å². The summed E-state index contributed by atoms with van der Waals surface area (Å²) in [4.78, 5) is 46.1. The third-order valence-corrected chi connectivity index (χ3v) is 12.3. The molecule has 3 atom stereocenters. The van der Waals surface area contributed by atoms with E-state index in [0.29, 0.717) is 12.8 Å². The second kappa shape index (κ2) is 44.1. The number of carbonyl (C=O) groups excluding carboxylic acids is 2. The van der Waals surface area contributed by atoms with E-state index in [1.54, 1.807) is 0 Å². The summed E-state index contributed by atoms with van der Waals surface area (Å²) in [7, 11) is -4.71. The van der Waals surface area contributed by atoms with Gasteiger partial charge in [0.15, 0.2) is 6.10 Å². The van der Waals surface area contributed by atoms with Crippen molar-refractivity contribution in [1.29, 1.82) is 0 Å². The van der Waals surface area contributed by atoms with E-state index >= 15 is 0 Å². The Kier molecular flexibility index (Phi) is 43.0. The van der Waals surface area contributed by atoms with Gasteiger partial charge in [-0.2, -0.15) is 0 Å². The molecular formula is C48H94NO10P. The van der Waals surface area contributed by atoms with Crippen LogP contribution in [0.4, 0.5) is 0 Å². The van der Waals surface area contributed by atoms with Crippen LogP contribution < -0.4 is 5.73 Å². The Morgan fingerprint density at radius 2 is 0.733 bits per heavy atom. The first-order chi connectivity index (χ1) is 29.1. The molecular weight excluding hydrogens is 781 g/mol. The number of ether oxygens (including phenoxy) is 2. The Hall–Kier alpha value is -1.52. The minimum absolute atomic E-state index is 0.170. The zero-order valence-electron chi connectivity index (χ0n) is 38.8. The Morgan fingerprint density at radius 3 is 1.05 bits per heavy atom. The van der Waals surface area contributed by atoms with Gasteiger partial charge in [-0.05, 0) is 12.8 Å². The van der Waals surface area contributed by atoms with Crippen LogP contribution in [0.15, 0.2) is 0 Å². The molecule has 60 heavy (non-hydrogen) atoms. The molecule has 0 spiro atoms. The van der Waals surface area contributed by atoms with Crippen molar-refractivity contribution in [2.24, 2.45) is 5.73 Å². The quantitative estimate of drug-likeness (QED) is 0.0302. The highest BCUT2D eigenvalue weighted by Crippen LogP contribution is 2.43. The molecule has 0 saturated heterocycles. The van der Waals surface area contributed by atoms with Crippen LogP contribution in [0.5, 0.6) is 0 Å². The summed E-state index contributed by atoms with van der Waals surface area (Å²) in [5.41, 5.74) is 5.35. The number of phosphoric acid groups is 1. The van der Waals surface area contributed by atoms with Crippen LogP contribution in [-0.4, -0.2) is 59.9 Å². The van der Waals surface area contributed by atoms with Crippen molar-refractivity contribution >= 4 is 25.7 Å². The number of carbonyl (C=O) groups is 3. The Morgan fingerprint density at radius 1 is 0.450 bits per heavy atom. The maximum Gasteiger partial charge on any atom is 0.472 e. The van der Waals surface area contributed by atoms with Crippen molar-refractivity contribution in [2.75, 3.05) is 19.8 Å². The summed E-state index contributed by atoms with van der Waals surface area (Å²) in [6, 6.07) is -1.52. The second-order valence-corrected chi connectivity index (χ2v) is 18.8. The molecule has 12 heteroatoms. The lowest BCUT2D eigenvalue weighted by molar-refractivity contribution is -0.161. The number of aliphatic carboxylic acids is 1. The van der Waals surface area contributed by atoms with Crippen LogP contribution in [0.25, 0.3) is 0 Å². The number of carboxylic acids is 1. The fourth-order valence-corrected chi connectivity index (χ4v) is 8.20. The van der Waals surface area contributed by atoms with E-state index in [2.05, 4.69) is 18.4 Å². The largest absolute Gasteiger partial charge is 0.480 e. The lowest BCUT2D eigenvalue weighted by Gasteiger charge is -2.20. The summed E-state index contributed by atoms with van der Waals surface area (Å²) in [5.74, 6) is -2.35. The molecule has 0 heterocycles. The van der Waals surface area contributed by atoms with Crippen molar-refractivity contribution < 1.29 is 47.5 Å². The van der Waals surface area contributed by atoms with Gasteiger partial charge in [0.05, 0.1) is 13.2 Å². The van der Waals surface area contributed by atoms with Crippen LogP contribution in [0, 0.1) is 0 Å². The first-order valence-electron chi connectivity index (χ1n) is 25.1. The number of unbranched alkanes of at least 4 members (excludes halogenated alkanes) is 34. The molecule has 0 radical (unpaired) electrons. The number of hydrogen-bond donors (Lipinski definition) is 3. The van der Waals surface area contributed by atoms with Crippen LogP contribution >= 0.6 is 7.82 Å². The molecule has 0 aromatic heterocycles. The molecule has 1 unspecified atom stereocenters. The summed E-state index contributed by atoms with van der Waals surface area (Å²) < 4.78 is 32.8. The van der Waals surface area contributed by atoms with Crippen molar-refractivity contribution in [1.82, 2.24) is 0 Å². The van der Waals surface area contributed by atoms with Crippen molar-refractivity contribution in [3.8, 4) is 0 Å². The second-order valence-electron chi connectivity index (χ2n) is 17.3. The van der Waals surface area contributed by atoms with Crippen LogP contribution in [-0.2, 0) is 37.5 Å². The first-order valence-corrected chi connectivity index (χ1v) is 26.6. The van der Waals surface area contributed by atoms with Gasteiger partial charge in [0.2, 0.25) is 0 Å². The van der Waals surface area contributed by atoms with Crippen LogP contribution in [0.2, 0.25) is 0 Å². The van der Waals surface area contributed by atoms with Gasteiger partial charge in [-0.3, -0.25) is 23.4 Å². The number of esters is 2. The van der Waals surface area contributed by atoms with Crippen molar-refractivity contribution in [2.45, 2.75) is 270 Å². The zero-order chi connectivity index (χ0) is 44.2. The smallest absolute Gasteiger partial charge is 0.472 e. The molecule has 0 aromatic rings. The molecule has 4 N–H and O–H groups in total. The van der Waals surface area contributed by atoms with Gasteiger partial charge in [-0.1, -0.05) is 232 Å². The minimum Gasteiger partial charge on any atom is -0.480 e. The van der Waals surface area contributed by atoms with E-state index in [1.165, 1.54) is 180 Å². The minimum atomic E-state index is -4.71. The maximum absolute atomic E-state index is 12.7. The number of carboxylic acid groups (broad SMARTS) is 1. The highest BCUT2D eigenvalue weighted by atomic mass is 31.2. The predicted molar refractivity (Wildman–Crippen MR) is 245 cm³/mol. The Bertz CT molecular complexity index is 1030. The molecule has 0 aliphatic heterocycles. The standard InChI is InChI=1S/C48H94NO10P/c1-3-5-7-9-11-13-15-17-19-20-21-22-23-24-26-28-30-32-34-36-38-40-47(51)59-44(42-57-60(54,55)58-43-45(49)48(52)53)41-56-46(50)39-37-35-33-31-29-27-25-18-16-14-12-10-8-6-4-2/h44-45H,3-43,49H2,1-2H3,(H,52,53)(H,54,55)/t44-,45-/m0/s1. The highest BCUT2D eigenvalue weighted by Gasteiger charge is 2.28. The van der Waals surface area contributed by atoms with E-state index in [0.717, 1.165) is 38.5 Å². The SMILES string of the molecule is CCCCCCCCCCCCCCCCCCCCCCCC(=O)O[C@@H](COC(=O)CCCCCCCCCCCCCCCCC)COP(=O)(O)OC[C@H](N)C(=O)O. The first kappa shape index (κ1) is 58.5. The summed E-state index contributed by atoms with van der Waals surface area (Å²) >= 11 is 0. The molecule has 356 valence electrons. The fourth-order valence-electron chi connectivity index (χ4n) is 7.42. The maximum atomic E-state index is 12.7.